The average Bonchev–Trinajstić information content (AvgIpc) is 3.48. The number of nitrogens with one attached hydrogen (secondary N) is 2. The van der Waals surface area contributed by atoms with Crippen LogP contribution in [-0.2, 0) is 6.42 Å². The Labute approximate surface area is 167 Å². The Morgan fingerprint density at radius 1 is 1.24 bits per heavy atom. The summed E-state index contributed by atoms with van der Waals surface area (Å²) in [5, 5.41) is 15.3. The van der Waals surface area contributed by atoms with Gasteiger partial charge in [0.1, 0.15) is 11.3 Å². The number of hydrogen-bond acceptors (Lipinski definition) is 5. The molecule has 2 N–H and O–H groups in total. The zero-order valence-electron chi connectivity index (χ0n) is 16.1. The summed E-state index contributed by atoms with van der Waals surface area (Å²) < 4.78 is 16.0. The van der Waals surface area contributed by atoms with Crippen molar-refractivity contribution in [3.63, 3.8) is 0 Å². The lowest BCUT2D eigenvalue weighted by Gasteiger charge is -2.18. The molecule has 0 saturated carbocycles. The molecule has 7 nitrogen and oxygen atoms in total. The first-order valence-electron chi connectivity index (χ1n) is 9.87. The summed E-state index contributed by atoms with van der Waals surface area (Å²) in [5.41, 5.74) is 2.69. The van der Waals surface area contributed by atoms with Crippen molar-refractivity contribution in [3.05, 3.63) is 65.7 Å². The summed E-state index contributed by atoms with van der Waals surface area (Å²) in [7, 11) is 0. The first-order valence-corrected chi connectivity index (χ1v) is 9.87. The highest BCUT2D eigenvalue weighted by molar-refractivity contribution is 5.73. The van der Waals surface area contributed by atoms with Gasteiger partial charge in [0.05, 0.1) is 0 Å². The van der Waals surface area contributed by atoms with Gasteiger partial charge in [0.15, 0.2) is 11.6 Å². The topological polar surface area (TPSA) is 74.1 Å². The van der Waals surface area contributed by atoms with Gasteiger partial charge in [0.25, 0.3) is 0 Å². The second-order valence-electron chi connectivity index (χ2n) is 7.31. The molecule has 1 fully saturated rings. The number of nitrogens with zero attached hydrogens (tertiary/aromatic N) is 5. The van der Waals surface area contributed by atoms with E-state index in [2.05, 4.69) is 32.4 Å². The molecule has 1 aliphatic heterocycles. The summed E-state index contributed by atoms with van der Waals surface area (Å²) in [6.45, 7) is 3.55. The van der Waals surface area contributed by atoms with Gasteiger partial charge in [-0.05, 0) is 36.6 Å². The van der Waals surface area contributed by atoms with Crippen molar-refractivity contribution < 1.29 is 4.39 Å². The van der Waals surface area contributed by atoms with Gasteiger partial charge in [-0.2, -0.15) is 10.1 Å². The number of aryl methyl sites for hydroxylation is 1. The maximum absolute atomic E-state index is 14.2. The van der Waals surface area contributed by atoms with E-state index in [1.54, 1.807) is 6.07 Å². The number of fused-ring (bicyclic) bond motifs is 1. The Bertz CT molecular complexity index is 1150. The molecule has 148 valence electrons. The van der Waals surface area contributed by atoms with Crippen molar-refractivity contribution in [1.82, 2.24) is 24.8 Å². The van der Waals surface area contributed by atoms with Crippen molar-refractivity contribution in [3.8, 4) is 0 Å². The number of aromatic nitrogens is 5. The summed E-state index contributed by atoms with van der Waals surface area (Å²) in [4.78, 5) is 6.89. The van der Waals surface area contributed by atoms with Crippen molar-refractivity contribution in [1.29, 1.82) is 0 Å². The molecule has 0 amide bonds. The third-order valence-corrected chi connectivity index (χ3v) is 5.45. The van der Waals surface area contributed by atoms with Crippen LogP contribution in [0.3, 0.4) is 0 Å². The number of hydrogen-bond donors (Lipinski definition) is 2. The summed E-state index contributed by atoms with van der Waals surface area (Å²) in [6, 6.07) is 12.9. The molecule has 1 atom stereocenters. The van der Waals surface area contributed by atoms with Crippen LogP contribution in [0.15, 0.2) is 48.7 Å². The van der Waals surface area contributed by atoms with E-state index in [0.717, 1.165) is 42.0 Å². The molecule has 0 spiro atoms. The Morgan fingerprint density at radius 2 is 2.14 bits per heavy atom. The minimum absolute atomic E-state index is 0.134. The Balaban J connectivity index is 1.44. The number of halogens is 1. The number of H-pyrrole nitrogens is 1. The number of aromatic amines is 1. The van der Waals surface area contributed by atoms with E-state index < -0.39 is 0 Å². The van der Waals surface area contributed by atoms with Crippen molar-refractivity contribution >= 4 is 23.1 Å². The van der Waals surface area contributed by atoms with Crippen LogP contribution in [0.25, 0.3) is 5.52 Å². The third-order valence-electron chi connectivity index (χ3n) is 5.45. The molecule has 0 radical (unpaired) electrons. The molecule has 5 rings (SSSR count). The minimum Gasteiger partial charge on any atom is -0.339 e. The van der Waals surface area contributed by atoms with E-state index in [0.29, 0.717) is 18.3 Å². The highest BCUT2D eigenvalue weighted by Gasteiger charge is 2.28. The Morgan fingerprint density at radius 3 is 2.97 bits per heavy atom. The fourth-order valence-corrected chi connectivity index (χ4v) is 3.88. The van der Waals surface area contributed by atoms with Crippen LogP contribution in [0.5, 0.6) is 0 Å². The molecule has 1 aromatic carbocycles. The Hall–Kier alpha value is -3.42. The molecule has 8 heteroatoms. The minimum atomic E-state index is -0.145. The van der Waals surface area contributed by atoms with Gasteiger partial charge < -0.3 is 10.2 Å². The lowest BCUT2D eigenvalue weighted by molar-refractivity contribution is 0.589. The molecule has 4 heterocycles. The van der Waals surface area contributed by atoms with E-state index in [-0.39, 0.29) is 11.7 Å². The van der Waals surface area contributed by atoms with Crippen molar-refractivity contribution in [2.24, 2.45) is 0 Å². The molecule has 1 unspecified atom stereocenters. The van der Waals surface area contributed by atoms with E-state index in [4.69, 9.17) is 4.98 Å². The van der Waals surface area contributed by atoms with E-state index in [9.17, 15) is 4.39 Å². The van der Waals surface area contributed by atoms with Crippen molar-refractivity contribution in [2.75, 3.05) is 23.3 Å². The van der Waals surface area contributed by atoms with Crippen LogP contribution < -0.4 is 10.2 Å². The largest absolute Gasteiger partial charge is 0.339 e. The molecule has 3 aromatic heterocycles. The monoisotopic (exact) mass is 391 g/mol. The van der Waals surface area contributed by atoms with Crippen molar-refractivity contribution in [2.45, 2.75) is 25.7 Å². The predicted octanol–water partition coefficient (Wildman–Crippen LogP) is 3.89. The van der Waals surface area contributed by atoms with E-state index in [1.165, 1.54) is 6.07 Å². The fraction of sp³-hybridized carbons (Fsp3) is 0.286. The Kier molecular flexibility index (Phi) is 4.38. The molecule has 0 aliphatic carbocycles. The molecule has 1 saturated heterocycles. The third kappa shape index (κ3) is 3.30. The summed E-state index contributed by atoms with van der Waals surface area (Å²) in [6.07, 6.45) is 3.66. The standard InChI is InChI=1S/C21H22FN7/c1-2-15-12-19(26-25-15)23-20-18-8-5-10-29(18)27-21(24-20)28-11-9-14(13-28)16-6-3-4-7-17(16)22/h3-8,10,12,14H,2,9,11,13H2,1H3,(H2,23,24,25,26,27). The normalized spacial score (nSPS) is 16.6. The second kappa shape index (κ2) is 7.20. The van der Waals surface area contributed by atoms with Gasteiger partial charge in [-0.15, -0.1) is 5.10 Å². The van der Waals surface area contributed by atoms with Crippen LogP contribution >= 0.6 is 0 Å². The summed E-state index contributed by atoms with van der Waals surface area (Å²) in [5.74, 6) is 2.04. The molecular weight excluding hydrogens is 369 g/mol. The quantitative estimate of drug-likeness (QED) is 0.540. The predicted molar refractivity (Wildman–Crippen MR) is 110 cm³/mol. The highest BCUT2D eigenvalue weighted by atomic mass is 19.1. The van der Waals surface area contributed by atoms with Gasteiger partial charge in [-0.25, -0.2) is 8.91 Å². The maximum Gasteiger partial charge on any atom is 0.245 e. The second-order valence-corrected chi connectivity index (χ2v) is 7.31. The highest BCUT2D eigenvalue weighted by Crippen LogP contribution is 2.31. The van der Waals surface area contributed by atoms with Crippen LogP contribution in [0, 0.1) is 5.82 Å². The van der Waals surface area contributed by atoms with E-state index >= 15 is 0 Å². The fourth-order valence-electron chi connectivity index (χ4n) is 3.88. The molecular formula is C21H22FN7. The van der Waals surface area contributed by atoms with Gasteiger partial charge in [-0.3, -0.25) is 5.10 Å². The van der Waals surface area contributed by atoms with Crippen LogP contribution in [0.4, 0.5) is 22.0 Å². The molecule has 0 bridgehead atoms. The molecule has 1 aliphatic rings. The lowest BCUT2D eigenvalue weighted by atomic mass is 9.98. The zero-order valence-corrected chi connectivity index (χ0v) is 16.1. The van der Waals surface area contributed by atoms with Gasteiger partial charge in [-0.1, -0.05) is 25.1 Å². The molecule has 4 aromatic rings. The van der Waals surface area contributed by atoms with Gasteiger partial charge >= 0.3 is 0 Å². The average molecular weight is 391 g/mol. The smallest absolute Gasteiger partial charge is 0.245 e. The van der Waals surface area contributed by atoms with Crippen LogP contribution in [0.1, 0.15) is 30.5 Å². The van der Waals surface area contributed by atoms with Gasteiger partial charge in [0, 0.05) is 37.0 Å². The zero-order chi connectivity index (χ0) is 19.8. The maximum atomic E-state index is 14.2. The number of benzene rings is 1. The number of anilines is 3. The van der Waals surface area contributed by atoms with Crippen LogP contribution in [-0.4, -0.2) is 37.9 Å². The van der Waals surface area contributed by atoms with Crippen LogP contribution in [0.2, 0.25) is 0 Å². The SMILES string of the molecule is CCc1cc(Nc2nc(N3CCC(c4ccccc4F)C3)nn3cccc23)n[nH]1. The summed E-state index contributed by atoms with van der Waals surface area (Å²) >= 11 is 0. The lowest BCUT2D eigenvalue weighted by Crippen LogP contribution is -2.23. The van der Waals surface area contributed by atoms with Gasteiger partial charge in [0.2, 0.25) is 5.95 Å². The first kappa shape index (κ1) is 17.7. The first-order chi connectivity index (χ1) is 14.2. The number of rotatable bonds is 5. The molecule has 29 heavy (non-hydrogen) atoms. The van der Waals surface area contributed by atoms with E-state index in [1.807, 2.05) is 41.0 Å².